The summed E-state index contributed by atoms with van der Waals surface area (Å²) in [7, 11) is 0. The fourth-order valence-electron chi connectivity index (χ4n) is 6.24. The summed E-state index contributed by atoms with van der Waals surface area (Å²) < 4.78 is 26.3. The van der Waals surface area contributed by atoms with Gasteiger partial charge in [0, 0.05) is 11.1 Å². The molecule has 4 heterocycles. The summed E-state index contributed by atoms with van der Waals surface area (Å²) >= 11 is 0.884. The van der Waals surface area contributed by atoms with E-state index in [9.17, 15) is 18.8 Å². The van der Waals surface area contributed by atoms with Gasteiger partial charge in [-0.2, -0.15) is 0 Å². The largest absolute Gasteiger partial charge is 0.462 e. The smallest absolute Gasteiger partial charge is 0.350 e. The maximum absolute atomic E-state index is 15.0. The number of thiazole rings is 1. The van der Waals surface area contributed by atoms with Crippen LogP contribution in [0.4, 0.5) is 15.2 Å². The molecule has 2 aliphatic rings. The second-order valence-corrected chi connectivity index (χ2v) is 12.0. The van der Waals surface area contributed by atoms with Crippen molar-refractivity contribution in [1.82, 2.24) is 4.98 Å². The number of anilines is 2. The van der Waals surface area contributed by atoms with Crippen molar-refractivity contribution in [3.05, 3.63) is 121 Å². The van der Waals surface area contributed by atoms with Gasteiger partial charge in [-0.25, -0.2) is 14.2 Å². The fourth-order valence-corrected chi connectivity index (χ4v) is 7.25. The zero-order valence-corrected chi connectivity index (χ0v) is 25.6. The molecular weight excluding hydrogens is 597 g/mol. The Morgan fingerprint density at radius 3 is 2.49 bits per heavy atom. The number of aryl methyl sites for hydroxylation is 3. The molecule has 5 aromatic rings. The Kier molecular flexibility index (Phi) is 6.48. The van der Waals surface area contributed by atoms with Crippen molar-refractivity contribution >= 4 is 50.9 Å². The third-order valence-electron chi connectivity index (χ3n) is 8.46. The molecule has 11 heteroatoms. The molecule has 226 valence electrons. The van der Waals surface area contributed by atoms with Gasteiger partial charge in [-0.05, 0) is 63.1 Å². The lowest BCUT2D eigenvalue weighted by Crippen LogP contribution is -2.53. The maximum atomic E-state index is 15.0. The highest BCUT2D eigenvalue weighted by Gasteiger charge is 2.66. The quantitative estimate of drug-likeness (QED) is 0.223. The van der Waals surface area contributed by atoms with Gasteiger partial charge in [0.2, 0.25) is 5.76 Å². The predicted molar refractivity (Wildman–Crippen MR) is 166 cm³/mol. The van der Waals surface area contributed by atoms with Crippen LogP contribution in [0.15, 0.2) is 69.9 Å². The number of carbonyl (C=O) groups excluding carboxylic acids is 3. The van der Waals surface area contributed by atoms with Crippen molar-refractivity contribution in [2.24, 2.45) is 0 Å². The Bertz CT molecular complexity index is 2170. The standard InChI is InChI=1S/C34H26FN3O6S/c1-5-43-31(41)29-19(4)36-33(45-29)38-30(40)28-26(27(39)21-14-17(2)18(3)15-25(21)44-28)34(38)22-11-7-9-13-24(22)37(32(34)42)16-20-10-6-8-12-23(20)35/h6-15H,5,16H2,1-4H3. The van der Waals surface area contributed by atoms with Crippen molar-refractivity contribution in [3.8, 4) is 0 Å². The van der Waals surface area contributed by atoms with Crippen molar-refractivity contribution in [2.75, 3.05) is 16.4 Å². The minimum Gasteiger partial charge on any atom is -0.462 e. The number of fused-ring (bicyclic) bond motifs is 5. The minimum atomic E-state index is -2.04. The lowest BCUT2D eigenvalue weighted by molar-refractivity contribution is -0.121. The van der Waals surface area contributed by atoms with E-state index in [0.717, 1.165) is 27.4 Å². The monoisotopic (exact) mass is 623 g/mol. The number of hydrogen-bond donors (Lipinski definition) is 0. The highest BCUT2D eigenvalue weighted by atomic mass is 32.1. The maximum Gasteiger partial charge on any atom is 0.350 e. The van der Waals surface area contributed by atoms with E-state index in [1.807, 2.05) is 13.8 Å². The van der Waals surface area contributed by atoms with E-state index in [0.29, 0.717) is 16.9 Å². The summed E-state index contributed by atoms with van der Waals surface area (Å²) in [6.07, 6.45) is 0. The number of carbonyl (C=O) groups is 3. The molecule has 0 N–H and O–H groups in total. The van der Waals surface area contributed by atoms with Gasteiger partial charge in [-0.15, -0.1) is 0 Å². The van der Waals surface area contributed by atoms with Crippen LogP contribution in [-0.4, -0.2) is 29.4 Å². The van der Waals surface area contributed by atoms with Crippen LogP contribution in [0.5, 0.6) is 0 Å². The molecule has 7 rings (SSSR count). The lowest BCUT2D eigenvalue weighted by atomic mass is 9.84. The molecule has 0 bridgehead atoms. The first-order valence-electron chi connectivity index (χ1n) is 14.3. The molecule has 2 aliphatic heterocycles. The van der Waals surface area contributed by atoms with Crippen molar-refractivity contribution in [2.45, 2.75) is 39.8 Å². The molecule has 2 amide bonds. The number of esters is 1. The number of benzene rings is 3. The minimum absolute atomic E-state index is 0.0127. The van der Waals surface area contributed by atoms with Gasteiger partial charge in [0.1, 0.15) is 16.3 Å². The van der Waals surface area contributed by atoms with E-state index in [1.165, 1.54) is 11.0 Å². The second kappa shape index (κ2) is 10.2. The normalized spacial score (nSPS) is 17.0. The molecule has 2 aromatic heterocycles. The molecular formula is C34H26FN3O6S. The van der Waals surface area contributed by atoms with Gasteiger partial charge in [0.15, 0.2) is 16.1 Å². The molecule has 0 fully saturated rings. The summed E-state index contributed by atoms with van der Waals surface area (Å²) in [6.45, 7) is 6.97. The van der Waals surface area contributed by atoms with Crippen molar-refractivity contribution < 1.29 is 27.9 Å². The molecule has 45 heavy (non-hydrogen) atoms. The van der Waals surface area contributed by atoms with E-state index in [4.69, 9.17) is 9.15 Å². The van der Waals surface area contributed by atoms with Gasteiger partial charge in [0.25, 0.3) is 11.8 Å². The van der Waals surface area contributed by atoms with E-state index in [-0.39, 0.29) is 51.0 Å². The van der Waals surface area contributed by atoms with Gasteiger partial charge < -0.3 is 14.1 Å². The Hall–Kier alpha value is -5.16. The molecule has 9 nitrogen and oxygen atoms in total. The van der Waals surface area contributed by atoms with Crippen LogP contribution in [0, 0.1) is 26.6 Å². The van der Waals surface area contributed by atoms with Crippen LogP contribution in [0.2, 0.25) is 0 Å². The van der Waals surface area contributed by atoms with Gasteiger partial charge in [-0.3, -0.25) is 19.3 Å². The predicted octanol–water partition coefficient (Wildman–Crippen LogP) is 5.94. The zero-order chi connectivity index (χ0) is 31.8. The summed E-state index contributed by atoms with van der Waals surface area (Å²) in [5.41, 5.74) is 0.436. The number of para-hydroxylation sites is 1. The second-order valence-electron chi connectivity index (χ2n) is 11.1. The third kappa shape index (κ3) is 3.93. The highest BCUT2D eigenvalue weighted by molar-refractivity contribution is 7.17. The van der Waals surface area contributed by atoms with Crippen LogP contribution in [-0.2, 0) is 21.6 Å². The SMILES string of the molecule is CCOC(=O)c1sc(N2C(=O)c3oc4cc(C)c(C)cc4c(=O)c3C23C(=O)N(Cc2ccccc2F)c2ccccc23)nc1C. The molecule has 0 radical (unpaired) electrons. The topological polar surface area (TPSA) is 110 Å². The van der Waals surface area contributed by atoms with E-state index in [2.05, 4.69) is 4.98 Å². The number of ether oxygens (including phenoxy) is 1. The number of aromatic nitrogens is 1. The first-order valence-corrected chi connectivity index (χ1v) is 15.1. The molecule has 1 atom stereocenters. The van der Waals surface area contributed by atoms with Gasteiger partial charge in [-0.1, -0.05) is 47.7 Å². The van der Waals surface area contributed by atoms with Gasteiger partial charge >= 0.3 is 5.97 Å². The van der Waals surface area contributed by atoms with Crippen LogP contribution in [0.1, 0.15) is 60.7 Å². The Labute approximate surface area is 260 Å². The molecule has 0 saturated carbocycles. The average Bonchev–Trinajstić information content (AvgIpc) is 3.60. The van der Waals surface area contributed by atoms with Crippen LogP contribution >= 0.6 is 11.3 Å². The molecule has 1 unspecified atom stereocenters. The van der Waals surface area contributed by atoms with Crippen LogP contribution in [0.25, 0.3) is 11.0 Å². The van der Waals surface area contributed by atoms with E-state index < -0.39 is 34.6 Å². The van der Waals surface area contributed by atoms with Crippen LogP contribution in [0.3, 0.4) is 0 Å². The number of nitrogens with zero attached hydrogens (tertiary/aromatic N) is 3. The average molecular weight is 624 g/mol. The number of hydrogen-bond acceptors (Lipinski definition) is 8. The van der Waals surface area contributed by atoms with E-state index in [1.54, 1.807) is 68.4 Å². The first kappa shape index (κ1) is 28.6. The third-order valence-corrected chi connectivity index (χ3v) is 9.59. The summed E-state index contributed by atoms with van der Waals surface area (Å²) in [6, 6.07) is 16.3. The van der Waals surface area contributed by atoms with Crippen LogP contribution < -0.4 is 15.2 Å². The van der Waals surface area contributed by atoms with Crippen molar-refractivity contribution in [3.63, 3.8) is 0 Å². The van der Waals surface area contributed by atoms with Gasteiger partial charge in [0.05, 0.1) is 35.5 Å². The number of amides is 2. The molecule has 1 spiro atoms. The Balaban J connectivity index is 1.55. The zero-order valence-electron chi connectivity index (χ0n) is 24.8. The van der Waals surface area contributed by atoms with E-state index >= 15 is 4.79 Å². The number of halogens is 1. The first-order chi connectivity index (χ1) is 21.6. The summed E-state index contributed by atoms with van der Waals surface area (Å²) in [4.78, 5) is 64.1. The highest BCUT2D eigenvalue weighted by Crippen LogP contribution is 2.55. The molecule has 0 saturated heterocycles. The van der Waals surface area contributed by atoms with Crippen molar-refractivity contribution in [1.29, 1.82) is 0 Å². The molecule has 0 aliphatic carbocycles. The number of rotatable bonds is 5. The fraction of sp³-hybridized carbons (Fsp3) is 0.206. The molecule has 3 aromatic carbocycles. The summed E-state index contributed by atoms with van der Waals surface area (Å²) in [5, 5.41) is 0.227. The Morgan fingerprint density at radius 2 is 1.73 bits per heavy atom. The summed E-state index contributed by atoms with van der Waals surface area (Å²) in [5.74, 6) is -2.84. The lowest BCUT2D eigenvalue weighted by Gasteiger charge is -2.32. The Morgan fingerprint density at radius 1 is 1.02 bits per heavy atom.